The highest BCUT2D eigenvalue weighted by atomic mass is 127. The molecule has 3 rings (SSSR count). The average molecular weight is 569 g/mol. The summed E-state index contributed by atoms with van der Waals surface area (Å²) in [5.41, 5.74) is -0.268. The minimum atomic E-state index is -1.81. The van der Waals surface area contributed by atoms with E-state index in [0.29, 0.717) is 25.0 Å². The Morgan fingerprint density at radius 1 is 1.38 bits per heavy atom. The molecule has 2 atom stereocenters. The Bertz CT molecular complexity index is 954. The first kappa shape index (κ1) is 25.3. The maximum absolute atomic E-state index is 13.2. The molecule has 0 aromatic heterocycles. The molecule has 32 heavy (non-hydrogen) atoms. The van der Waals surface area contributed by atoms with E-state index in [1.54, 1.807) is 24.3 Å². The number of benzene rings is 1. The second-order valence-electron chi connectivity index (χ2n) is 10.2. The molecule has 0 radical (unpaired) electrons. The van der Waals surface area contributed by atoms with Crippen LogP contribution in [0.15, 0.2) is 46.1 Å². The third-order valence-corrected chi connectivity index (χ3v) is 12.6. The molecule has 174 valence electrons. The Balaban J connectivity index is 1.81. The average Bonchev–Trinajstić information content (AvgIpc) is 3.07. The summed E-state index contributed by atoms with van der Waals surface area (Å²) in [4.78, 5) is 26.9. The van der Waals surface area contributed by atoms with Crippen molar-refractivity contribution in [1.82, 2.24) is 4.90 Å². The normalized spacial score (nSPS) is 24.6. The summed E-state index contributed by atoms with van der Waals surface area (Å²) in [5.74, 6) is -0.0224. The number of likely N-dealkylation sites (tertiary alicyclic amines) is 1. The quantitative estimate of drug-likeness (QED) is 0.181. The van der Waals surface area contributed by atoms with Gasteiger partial charge < -0.3 is 4.43 Å². The molecule has 2 aliphatic rings. The fourth-order valence-electron chi connectivity index (χ4n) is 4.51. The van der Waals surface area contributed by atoms with Gasteiger partial charge in [-0.05, 0) is 65.7 Å². The van der Waals surface area contributed by atoms with Gasteiger partial charge in [0.05, 0.1) is 16.9 Å². The van der Waals surface area contributed by atoms with Gasteiger partial charge in [0.2, 0.25) is 0 Å². The third kappa shape index (κ3) is 4.78. The second-order valence-corrected chi connectivity index (χ2v) is 16.4. The molecule has 6 nitrogen and oxygen atoms in total. The van der Waals surface area contributed by atoms with Crippen LogP contribution >= 0.6 is 22.6 Å². The number of fused-ring (bicyclic) bond motifs is 1. The lowest BCUT2D eigenvalue weighted by atomic mass is 9.67. The van der Waals surface area contributed by atoms with Gasteiger partial charge >= 0.3 is 0 Å². The van der Waals surface area contributed by atoms with Crippen molar-refractivity contribution < 1.29 is 14.1 Å². The summed E-state index contributed by atoms with van der Waals surface area (Å²) in [6, 6.07) is 6.65. The zero-order valence-corrected chi connectivity index (χ0v) is 22.7. The zero-order chi connectivity index (χ0) is 23.7. The van der Waals surface area contributed by atoms with Crippen LogP contribution in [0.3, 0.4) is 0 Å². The number of allylic oxidation sites excluding steroid dienone is 1. The number of nitrogens with zero attached hydrogens (tertiary/aromatic N) is 2. The van der Waals surface area contributed by atoms with E-state index < -0.39 is 13.7 Å². The third-order valence-electron chi connectivity index (χ3n) is 7.36. The van der Waals surface area contributed by atoms with Gasteiger partial charge in [0, 0.05) is 34.3 Å². The molecular weight excluding hydrogens is 535 g/mol. The molecule has 0 spiro atoms. The first-order valence-corrected chi connectivity index (χ1v) is 15.1. The van der Waals surface area contributed by atoms with Gasteiger partial charge in [0.15, 0.2) is 14.1 Å². The van der Waals surface area contributed by atoms with E-state index in [9.17, 15) is 14.9 Å². The number of hydrogen-bond donors (Lipinski definition) is 0. The van der Waals surface area contributed by atoms with E-state index >= 15 is 0 Å². The summed E-state index contributed by atoms with van der Waals surface area (Å²) in [6.45, 7) is 13.2. The number of hydrogen-bond acceptors (Lipinski definition) is 5. The summed E-state index contributed by atoms with van der Waals surface area (Å²) < 4.78 is 7.45. The number of rotatable bonds is 7. The van der Waals surface area contributed by atoms with Crippen LogP contribution in [-0.4, -0.2) is 49.7 Å². The van der Waals surface area contributed by atoms with Crippen molar-refractivity contribution in [3.8, 4) is 0 Å². The van der Waals surface area contributed by atoms with Crippen LogP contribution in [0.2, 0.25) is 18.1 Å². The van der Waals surface area contributed by atoms with E-state index in [2.05, 4.69) is 67.4 Å². The van der Waals surface area contributed by atoms with E-state index in [1.165, 1.54) is 9.65 Å². The number of carbonyl (C=O) groups is 1. The summed E-state index contributed by atoms with van der Waals surface area (Å²) in [5, 5.41) is 11.9. The lowest BCUT2D eigenvalue weighted by Crippen LogP contribution is -2.49. The van der Waals surface area contributed by atoms with Crippen LogP contribution in [0.4, 0.5) is 5.69 Å². The highest BCUT2D eigenvalue weighted by molar-refractivity contribution is 14.1. The van der Waals surface area contributed by atoms with Crippen LogP contribution in [0, 0.1) is 10.1 Å². The van der Waals surface area contributed by atoms with Gasteiger partial charge in [-0.3, -0.25) is 19.8 Å². The SMILES string of the molecule is CC(C)(C)[Si](C)(C)OC/C=C(\I)CN1CC[C@]2(c3ccccc3[N+](=O)[O-])C(=O)C=CC[C@H]12. The van der Waals surface area contributed by atoms with Crippen LogP contribution in [0.25, 0.3) is 0 Å². The van der Waals surface area contributed by atoms with Crippen molar-refractivity contribution in [3.05, 3.63) is 61.8 Å². The molecule has 8 heteroatoms. The lowest BCUT2D eigenvalue weighted by Gasteiger charge is -2.38. The van der Waals surface area contributed by atoms with Crippen LogP contribution in [0.5, 0.6) is 0 Å². The van der Waals surface area contributed by atoms with Gasteiger partial charge in [-0.2, -0.15) is 0 Å². The molecule has 1 aliphatic heterocycles. The van der Waals surface area contributed by atoms with E-state index in [4.69, 9.17) is 4.43 Å². The fourth-order valence-corrected chi connectivity index (χ4v) is 6.06. The second kappa shape index (κ2) is 9.48. The molecule has 0 unspecified atom stereocenters. The predicted molar refractivity (Wildman–Crippen MR) is 139 cm³/mol. The van der Waals surface area contributed by atoms with Crippen molar-refractivity contribution in [2.24, 2.45) is 0 Å². The molecule has 1 fully saturated rings. The molecule has 0 N–H and O–H groups in total. The summed E-state index contributed by atoms with van der Waals surface area (Å²) in [6.07, 6.45) is 6.96. The van der Waals surface area contributed by atoms with E-state index in [0.717, 1.165) is 13.1 Å². The summed E-state index contributed by atoms with van der Waals surface area (Å²) >= 11 is 2.35. The fraction of sp³-hybridized carbons (Fsp3) is 0.542. The number of nitro benzene ring substituents is 1. The van der Waals surface area contributed by atoms with E-state index in [1.807, 2.05) is 6.08 Å². The molecule has 0 bridgehead atoms. The monoisotopic (exact) mass is 568 g/mol. The minimum absolute atomic E-state index is 0.0224. The molecule has 1 saturated heterocycles. The van der Waals surface area contributed by atoms with E-state index in [-0.39, 0.29) is 27.5 Å². The van der Waals surface area contributed by atoms with Crippen molar-refractivity contribution >= 4 is 42.4 Å². The molecule has 1 heterocycles. The van der Waals surface area contributed by atoms with Crippen LogP contribution in [0.1, 0.15) is 39.2 Å². The predicted octanol–water partition coefficient (Wildman–Crippen LogP) is 5.78. The van der Waals surface area contributed by atoms with Crippen molar-refractivity contribution in [3.63, 3.8) is 0 Å². The van der Waals surface area contributed by atoms with Gasteiger partial charge in [0.1, 0.15) is 0 Å². The Kier molecular flexibility index (Phi) is 7.48. The number of halogens is 1. The standard InChI is InChI=1S/C24H33IN2O4Si/c1-23(2,3)32(4,5)31-16-13-18(25)17-26-15-14-24(21(26)11-8-12-22(24)28)19-9-6-7-10-20(19)27(29)30/h6-10,12-13,21H,11,14-17H2,1-5H3/b18-13-/t21-,24+/m0/s1. The number of nitro groups is 1. The highest BCUT2D eigenvalue weighted by Gasteiger charge is 2.55. The highest BCUT2D eigenvalue weighted by Crippen LogP contribution is 2.48. The first-order valence-electron chi connectivity index (χ1n) is 11.1. The number of ketones is 1. The van der Waals surface area contributed by atoms with Gasteiger partial charge in [-0.25, -0.2) is 0 Å². The van der Waals surface area contributed by atoms with Crippen molar-refractivity contribution in [1.29, 1.82) is 0 Å². The summed E-state index contributed by atoms with van der Waals surface area (Å²) in [7, 11) is -1.81. The largest absolute Gasteiger partial charge is 0.413 e. The molecule has 0 amide bonds. The smallest absolute Gasteiger partial charge is 0.273 e. The van der Waals surface area contributed by atoms with Gasteiger partial charge in [-0.15, -0.1) is 0 Å². The number of para-hydroxylation sites is 1. The van der Waals surface area contributed by atoms with Crippen molar-refractivity contribution in [2.75, 3.05) is 19.7 Å². The molecule has 1 aliphatic carbocycles. The topological polar surface area (TPSA) is 72.7 Å². The maximum Gasteiger partial charge on any atom is 0.273 e. The Morgan fingerprint density at radius 2 is 2.06 bits per heavy atom. The Labute approximate surface area is 205 Å². The molecule has 1 aromatic carbocycles. The van der Waals surface area contributed by atoms with Crippen molar-refractivity contribution in [2.45, 2.75) is 63.2 Å². The van der Waals surface area contributed by atoms with Crippen LogP contribution in [-0.2, 0) is 14.6 Å². The zero-order valence-electron chi connectivity index (χ0n) is 19.6. The maximum atomic E-state index is 13.2. The van der Waals surface area contributed by atoms with Gasteiger partial charge in [0.25, 0.3) is 5.69 Å². The van der Waals surface area contributed by atoms with Gasteiger partial charge in [-0.1, -0.05) is 45.0 Å². The minimum Gasteiger partial charge on any atom is -0.413 e. The Morgan fingerprint density at radius 3 is 2.72 bits per heavy atom. The molecule has 1 aromatic rings. The van der Waals surface area contributed by atoms with Crippen LogP contribution < -0.4 is 0 Å². The first-order chi connectivity index (χ1) is 14.9. The number of carbonyl (C=O) groups excluding carboxylic acids is 1. The molecular formula is C24H33IN2O4Si. The Hall–Kier alpha value is -1.36. The molecule has 0 saturated carbocycles. The lowest BCUT2D eigenvalue weighted by molar-refractivity contribution is -0.386.